The van der Waals surface area contributed by atoms with Crippen molar-refractivity contribution < 1.29 is 14.3 Å². The smallest absolute Gasteiger partial charge is 0.333 e. The predicted octanol–water partition coefficient (Wildman–Crippen LogP) is 7.85. The Kier molecular flexibility index (Phi) is 7.36. The lowest BCUT2D eigenvalue weighted by Crippen LogP contribution is -2.30. The molecule has 1 heterocycles. The number of imide groups is 1. The molecule has 3 aromatic carbocycles. The summed E-state index contributed by atoms with van der Waals surface area (Å²) in [4.78, 5) is 26.3. The monoisotopic (exact) mass is 628 g/mol. The second-order valence-corrected chi connectivity index (χ2v) is 9.94. The molecule has 0 atom stereocenters. The molecule has 3 amide bonds. The van der Waals surface area contributed by atoms with E-state index in [0.29, 0.717) is 41.0 Å². The van der Waals surface area contributed by atoms with Crippen molar-refractivity contribution in [3.05, 3.63) is 95.4 Å². The van der Waals surface area contributed by atoms with Crippen molar-refractivity contribution in [3.63, 3.8) is 0 Å². The zero-order chi connectivity index (χ0) is 23.7. The number of anilines is 1. The van der Waals surface area contributed by atoms with E-state index in [2.05, 4.69) is 37.2 Å². The van der Waals surface area contributed by atoms with Gasteiger partial charge in [-0.1, -0.05) is 46.9 Å². The van der Waals surface area contributed by atoms with E-state index >= 15 is 0 Å². The fourth-order valence-corrected chi connectivity index (χ4v) is 5.24. The second kappa shape index (κ2) is 10.1. The van der Waals surface area contributed by atoms with Crippen LogP contribution >= 0.6 is 66.7 Å². The Morgan fingerprint density at radius 1 is 0.939 bits per heavy atom. The van der Waals surface area contributed by atoms with Gasteiger partial charge in [0.2, 0.25) is 0 Å². The zero-order valence-corrected chi connectivity index (χ0v) is 22.0. The average Bonchev–Trinajstić information content (AvgIpc) is 3.01. The summed E-state index contributed by atoms with van der Waals surface area (Å²) in [6, 6.07) is 14.7. The molecule has 1 aliphatic heterocycles. The van der Waals surface area contributed by atoms with Crippen LogP contribution < -0.4 is 15.0 Å². The van der Waals surface area contributed by atoms with Crippen LogP contribution in [0.15, 0.2) is 69.2 Å². The van der Waals surface area contributed by atoms with Gasteiger partial charge in [0.1, 0.15) is 18.1 Å². The minimum atomic E-state index is -0.550. The van der Waals surface area contributed by atoms with Crippen LogP contribution in [-0.2, 0) is 11.4 Å². The standard InChI is InChI=1S/C23H13Br2Cl3N2O3/c24-17-6-12(7-18(25)21(17)33-11-13-4-5-15(27)10-19(13)28)8-20-22(31)30(23(32)29-20)16-3-1-2-14(26)9-16/h1-10H,11H2,(H,29,32)/b20-8+. The second-order valence-electron chi connectivity index (χ2n) is 6.95. The van der Waals surface area contributed by atoms with Crippen molar-refractivity contribution in [2.24, 2.45) is 0 Å². The first-order valence-electron chi connectivity index (χ1n) is 9.41. The lowest BCUT2D eigenvalue weighted by Gasteiger charge is -2.13. The molecule has 168 valence electrons. The first-order chi connectivity index (χ1) is 15.7. The van der Waals surface area contributed by atoms with E-state index in [9.17, 15) is 9.59 Å². The van der Waals surface area contributed by atoms with Crippen LogP contribution in [-0.4, -0.2) is 11.9 Å². The summed E-state index contributed by atoms with van der Waals surface area (Å²) < 4.78 is 7.22. The van der Waals surface area contributed by atoms with Gasteiger partial charge in [0.05, 0.1) is 14.6 Å². The first-order valence-corrected chi connectivity index (χ1v) is 12.1. The maximum Gasteiger partial charge on any atom is 0.333 e. The van der Waals surface area contributed by atoms with E-state index in [1.807, 2.05) is 0 Å². The van der Waals surface area contributed by atoms with Crippen LogP contribution in [0, 0.1) is 0 Å². The minimum Gasteiger partial charge on any atom is -0.486 e. The maximum absolute atomic E-state index is 12.8. The van der Waals surface area contributed by atoms with Gasteiger partial charge in [-0.15, -0.1) is 0 Å². The van der Waals surface area contributed by atoms with E-state index < -0.39 is 11.9 Å². The normalized spacial score (nSPS) is 14.7. The highest BCUT2D eigenvalue weighted by atomic mass is 79.9. The van der Waals surface area contributed by atoms with E-state index in [1.165, 1.54) is 0 Å². The Morgan fingerprint density at radius 3 is 2.30 bits per heavy atom. The molecule has 0 unspecified atom stereocenters. The molecule has 0 bridgehead atoms. The van der Waals surface area contributed by atoms with Crippen LogP contribution in [0.5, 0.6) is 5.75 Å². The molecular formula is C23H13Br2Cl3N2O3. The fourth-order valence-electron chi connectivity index (χ4n) is 3.14. The number of benzene rings is 3. The van der Waals surface area contributed by atoms with Crippen LogP contribution in [0.1, 0.15) is 11.1 Å². The van der Waals surface area contributed by atoms with Gasteiger partial charge in [0, 0.05) is 20.6 Å². The number of urea groups is 1. The summed E-state index contributed by atoms with van der Waals surface area (Å²) in [5, 5.41) is 4.08. The molecule has 33 heavy (non-hydrogen) atoms. The third-order valence-corrected chi connectivity index (χ3v) is 6.66. The van der Waals surface area contributed by atoms with E-state index in [1.54, 1.807) is 60.7 Å². The lowest BCUT2D eigenvalue weighted by molar-refractivity contribution is -0.113. The predicted molar refractivity (Wildman–Crippen MR) is 138 cm³/mol. The van der Waals surface area contributed by atoms with Gasteiger partial charge in [-0.2, -0.15) is 0 Å². The molecule has 0 radical (unpaired) electrons. The third-order valence-electron chi connectivity index (χ3n) is 4.66. The van der Waals surface area contributed by atoms with E-state index in [4.69, 9.17) is 39.5 Å². The SMILES string of the molecule is O=C1N/C(=C/c2cc(Br)c(OCc3ccc(Cl)cc3Cl)c(Br)c2)C(=O)N1c1cccc(Cl)c1. The summed E-state index contributed by atoms with van der Waals surface area (Å²) in [6.07, 6.45) is 1.58. The molecular weight excluding hydrogens is 618 g/mol. The number of carbonyl (C=O) groups is 2. The molecule has 0 spiro atoms. The quantitative estimate of drug-likeness (QED) is 0.231. The average molecular weight is 632 g/mol. The zero-order valence-electron chi connectivity index (χ0n) is 16.5. The molecule has 0 aromatic heterocycles. The van der Waals surface area contributed by atoms with Crippen LogP contribution in [0.25, 0.3) is 6.08 Å². The summed E-state index contributed by atoms with van der Waals surface area (Å²) in [7, 11) is 0. The summed E-state index contributed by atoms with van der Waals surface area (Å²) in [6.45, 7) is 0.233. The molecule has 1 saturated heterocycles. The van der Waals surface area contributed by atoms with Crippen molar-refractivity contribution in [2.75, 3.05) is 4.90 Å². The summed E-state index contributed by atoms with van der Waals surface area (Å²) >= 11 is 25.1. The largest absolute Gasteiger partial charge is 0.486 e. The molecule has 1 N–H and O–H groups in total. The minimum absolute atomic E-state index is 0.139. The molecule has 5 nitrogen and oxygen atoms in total. The number of rotatable bonds is 5. The van der Waals surface area contributed by atoms with Gasteiger partial charge in [0.25, 0.3) is 5.91 Å². The van der Waals surface area contributed by atoms with Crippen LogP contribution in [0.2, 0.25) is 15.1 Å². The number of nitrogens with one attached hydrogen (secondary N) is 1. The Morgan fingerprint density at radius 2 is 1.64 bits per heavy atom. The highest BCUT2D eigenvalue weighted by Crippen LogP contribution is 2.37. The molecule has 3 aromatic rings. The van der Waals surface area contributed by atoms with Gasteiger partial charge in [-0.05, 0) is 86.0 Å². The lowest BCUT2D eigenvalue weighted by atomic mass is 10.1. The maximum atomic E-state index is 12.8. The number of halogens is 5. The van der Waals surface area contributed by atoms with Gasteiger partial charge >= 0.3 is 6.03 Å². The van der Waals surface area contributed by atoms with Gasteiger partial charge in [0.15, 0.2) is 0 Å². The summed E-state index contributed by atoms with van der Waals surface area (Å²) in [5.74, 6) is 0.0812. The van der Waals surface area contributed by atoms with Crippen molar-refractivity contribution in [3.8, 4) is 5.75 Å². The Balaban J connectivity index is 1.55. The van der Waals surface area contributed by atoms with Crippen LogP contribution in [0.3, 0.4) is 0 Å². The molecule has 4 rings (SSSR count). The van der Waals surface area contributed by atoms with Crippen LogP contribution in [0.4, 0.5) is 10.5 Å². The molecule has 10 heteroatoms. The van der Waals surface area contributed by atoms with Gasteiger partial charge in [-0.25, -0.2) is 9.69 Å². The number of hydrogen-bond acceptors (Lipinski definition) is 3. The number of hydrogen-bond donors (Lipinski definition) is 1. The third kappa shape index (κ3) is 5.39. The Bertz CT molecular complexity index is 1290. The van der Waals surface area contributed by atoms with Gasteiger partial charge < -0.3 is 10.1 Å². The molecule has 1 aliphatic rings. The van der Waals surface area contributed by atoms with E-state index in [0.717, 1.165) is 10.5 Å². The van der Waals surface area contributed by atoms with Crippen molar-refractivity contribution >= 4 is 90.4 Å². The summed E-state index contributed by atoms with van der Waals surface area (Å²) in [5.41, 5.74) is 1.98. The topological polar surface area (TPSA) is 58.6 Å². The van der Waals surface area contributed by atoms with E-state index in [-0.39, 0.29) is 12.3 Å². The first kappa shape index (κ1) is 24.1. The molecule has 0 aliphatic carbocycles. The van der Waals surface area contributed by atoms with Crippen molar-refractivity contribution in [1.82, 2.24) is 5.32 Å². The molecule has 1 fully saturated rings. The molecule has 0 saturated carbocycles. The van der Waals surface area contributed by atoms with Gasteiger partial charge in [-0.3, -0.25) is 4.79 Å². The van der Waals surface area contributed by atoms with Crippen molar-refractivity contribution in [1.29, 1.82) is 0 Å². The number of carbonyl (C=O) groups excluding carboxylic acids is 2. The van der Waals surface area contributed by atoms with Crippen molar-refractivity contribution in [2.45, 2.75) is 6.61 Å². The number of nitrogens with zero attached hydrogens (tertiary/aromatic N) is 1. The fraction of sp³-hybridized carbons (Fsp3) is 0.0435. The number of amides is 3. The highest BCUT2D eigenvalue weighted by molar-refractivity contribution is 9.11. The Hall–Kier alpha value is -2.03. The Labute approximate surface area is 221 Å². The number of ether oxygens (including phenoxy) is 1. The highest BCUT2D eigenvalue weighted by Gasteiger charge is 2.35.